The van der Waals surface area contributed by atoms with Crippen molar-refractivity contribution in [3.05, 3.63) is 36.7 Å². The van der Waals surface area contributed by atoms with Crippen molar-refractivity contribution < 1.29 is 0 Å². The van der Waals surface area contributed by atoms with Crippen LogP contribution in [0.1, 0.15) is 12.8 Å². The number of aromatic nitrogens is 5. The molecule has 4 heterocycles. The first-order chi connectivity index (χ1) is 14.2. The van der Waals surface area contributed by atoms with Crippen molar-refractivity contribution in [2.24, 2.45) is 5.73 Å². The summed E-state index contributed by atoms with van der Waals surface area (Å²) < 4.78 is 0. The first-order valence-electron chi connectivity index (χ1n) is 9.68. The van der Waals surface area contributed by atoms with Gasteiger partial charge >= 0.3 is 0 Å². The van der Waals surface area contributed by atoms with E-state index in [2.05, 4.69) is 48.6 Å². The van der Waals surface area contributed by atoms with Gasteiger partial charge in [-0.15, -0.1) is 10.2 Å². The van der Waals surface area contributed by atoms with Gasteiger partial charge in [0.05, 0.1) is 0 Å². The molecule has 0 radical (unpaired) electrons. The van der Waals surface area contributed by atoms with Gasteiger partial charge < -0.3 is 20.9 Å². The molecular formula is C20H22N8S. The molecule has 0 saturated carbocycles. The summed E-state index contributed by atoms with van der Waals surface area (Å²) in [6.07, 6.45) is 5.95. The minimum Gasteiger partial charge on any atom is -0.363 e. The van der Waals surface area contributed by atoms with Crippen LogP contribution in [0.2, 0.25) is 0 Å². The van der Waals surface area contributed by atoms with Crippen LogP contribution in [0.5, 0.6) is 0 Å². The van der Waals surface area contributed by atoms with E-state index in [1.807, 2.05) is 25.5 Å². The Balaban J connectivity index is 1.53. The monoisotopic (exact) mass is 406 g/mol. The Labute approximate surface area is 172 Å². The van der Waals surface area contributed by atoms with E-state index < -0.39 is 0 Å². The van der Waals surface area contributed by atoms with Crippen molar-refractivity contribution in [3.63, 3.8) is 0 Å². The zero-order chi connectivity index (χ0) is 19.8. The lowest BCUT2D eigenvalue weighted by molar-refractivity contribution is 0.503. The third-order valence-corrected chi connectivity index (χ3v) is 6.22. The first kappa shape index (κ1) is 18.0. The van der Waals surface area contributed by atoms with E-state index in [-0.39, 0.29) is 6.04 Å². The van der Waals surface area contributed by atoms with Crippen molar-refractivity contribution in [1.29, 1.82) is 0 Å². The van der Waals surface area contributed by atoms with E-state index in [0.29, 0.717) is 5.82 Å². The Morgan fingerprint density at radius 1 is 1.28 bits per heavy atom. The van der Waals surface area contributed by atoms with Gasteiger partial charge in [0, 0.05) is 60.6 Å². The molecule has 0 bridgehead atoms. The molecule has 148 valence electrons. The Morgan fingerprint density at radius 3 is 3.03 bits per heavy atom. The number of hydrogen-bond acceptors (Lipinski definition) is 8. The van der Waals surface area contributed by atoms with E-state index in [1.165, 1.54) is 11.3 Å². The van der Waals surface area contributed by atoms with Crippen LogP contribution in [0.4, 0.5) is 10.9 Å². The summed E-state index contributed by atoms with van der Waals surface area (Å²) in [5, 5.41) is 14.2. The zero-order valence-corrected chi connectivity index (χ0v) is 16.9. The Hall–Kier alpha value is -3.04. The van der Waals surface area contributed by atoms with Crippen molar-refractivity contribution in [1.82, 2.24) is 25.1 Å². The second-order valence-electron chi connectivity index (χ2n) is 7.21. The summed E-state index contributed by atoms with van der Waals surface area (Å²) in [5.74, 6) is 1.64. The van der Waals surface area contributed by atoms with Gasteiger partial charge in [0.1, 0.15) is 10.8 Å². The summed E-state index contributed by atoms with van der Waals surface area (Å²) in [6.45, 7) is 1.81. The molecule has 4 aromatic rings. The lowest BCUT2D eigenvalue weighted by Gasteiger charge is -2.31. The van der Waals surface area contributed by atoms with E-state index in [0.717, 1.165) is 63.9 Å². The Morgan fingerprint density at radius 2 is 2.21 bits per heavy atom. The molecule has 1 aliphatic rings. The number of H-pyrrole nitrogens is 1. The second-order valence-corrected chi connectivity index (χ2v) is 8.19. The Bertz CT molecular complexity index is 1150. The molecule has 0 spiro atoms. The van der Waals surface area contributed by atoms with Crippen molar-refractivity contribution >= 4 is 33.2 Å². The number of fused-ring (bicyclic) bond motifs is 1. The lowest BCUT2D eigenvalue weighted by Crippen LogP contribution is -2.43. The van der Waals surface area contributed by atoms with Gasteiger partial charge in [-0.1, -0.05) is 11.3 Å². The highest BCUT2D eigenvalue weighted by molar-refractivity contribution is 7.18. The van der Waals surface area contributed by atoms with E-state index >= 15 is 0 Å². The van der Waals surface area contributed by atoms with E-state index in [4.69, 9.17) is 10.7 Å². The normalized spacial score (nSPS) is 17.0. The molecule has 5 rings (SSSR count). The standard InChI is InChI=1S/C20H22N8S/c1-22-20-27-26-19(29-20)12-4-5-16-14(9-12)15(10-24-16)18-23-7-6-17(25-18)28-8-2-3-13(21)11-28/h4-7,9-10,13,24H,2-3,8,11,21H2,1H3,(H,22,27). The molecule has 0 amide bonds. The molecule has 4 N–H and O–H groups in total. The fourth-order valence-corrected chi connectivity index (χ4v) is 4.45. The molecule has 8 nitrogen and oxygen atoms in total. The third kappa shape index (κ3) is 3.43. The predicted molar refractivity (Wildman–Crippen MR) is 117 cm³/mol. The van der Waals surface area contributed by atoms with Crippen LogP contribution in [-0.2, 0) is 0 Å². The van der Waals surface area contributed by atoms with Gasteiger partial charge in [-0.2, -0.15) is 0 Å². The minimum atomic E-state index is 0.201. The number of nitrogens with one attached hydrogen (secondary N) is 2. The maximum Gasteiger partial charge on any atom is 0.205 e. The van der Waals surface area contributed by atoms with Crippen LogP contribution in [0.25, 0.3) is 32.9 Å². The van der Waals surface area contributed by atoms with Gasteiger partial charge in [-0.25, -0.2) is 9.97 Å². The number of rotatable bonds is 4. The SMILES string of the molecule is CNc1nnc(-c2ccc3[nH]cc(-c4nccc(N5CCCC(N)C5)n4)c3c2)s1. The summed E-state index contributed by atoms with van der Waals surface area (Å²) in [4.78, 5) is 15.0. The highest BCUT2D eigenvalue weighted by Crippen LogP contribution is 2.33. The number of nitrogens with two attached hydrogens (primary N) is 1. The topological polar surface area (TPSA) is 109 Å². The maximum absolute atomic E-state index is 6.15. The largest absolute Gasteiger partial charge is 0.363 e. The summed E-state index contributed by atoms with van der Waals surface area (Å²) in [5.41, 5.74) is 9.19. The van der Waals surface area contributed by atoms with E-state index in [1.54, 1.807) is 0 Å². The van der Waals surface area contributed by atoms with Crippen LogP contribution in [0, 0.1) is 0 Å². The number of anilines is 2. The van der Waals surface area contributed by atoms with Gasteiger partial charge in [0.25, 0.3) is 0 Å². The van der Waals surface area contributed by atoms with Crippen LogP contribution in [-0.4, -0.2) is 51.3 Å². The van der Waals surface area contributed by atoms with Crippen LogP contribution < -0.4 is 16.0 Å². The molecule has 1 fully saturated rings. The molecule has 1 unspecified atom stereocenters. The first-order valence-corrected chi connectivity index (χ1v) is 10.5. The van der Waals surface area contributed by atoms with Gasteiger partial charge in [0.15, 0.2) is 5.82 Å². The summed E-state index contributed by atoms with van der Waals surface area (Å²) in [6, 6.07) is 8.39. The highest BCUT2D eigenvalue weighted by atomic mass is 32.1. The van der Waals surface area contributed by atoms with Crippen LogP contribution in [0.3, 0.4) is 0 Å². The molecule has 1 saturated heterocycles. The average Bonchev–Trinajstić information content (AvgIpc) is 3.40. The smallest absolute Gasteiger partial charge is 0.205 e. The van der Waals surface area contributed by atoms with Crippen molar-refractivity contribution in [3.8, 4) is 22.0 Å². The number of benzene rings is 1. The minimum absolute atomic E-state index is 0.201. The fraction of sp³-hybridized carbons (Fsp3) is 0.300. The number of nitrogens with zero attached hydrogens (tertiary/aromatic N) is 5. The molecule has 29 heavy (non-hydrogen) atoms. The maximum atomic E-state index is 6.15. The van der Waals surface area contributed by atoms with Crippen LogP contribution in [0.15, 0.2) is 36.7 Å². The van der Waals surface area contributed by atoms with Gasteiger partial charge in [-0.3, -0.25) is 0 Å². The van der Waals surface area contributed by atoms with Gasteiger partial charge in [0.2, 0.25) is 5.13 Å². The molecule has 1 aliphatic heterocycles. The quantitative estimate of drug-likeness (QED) is 0.478. The summed E-state index contributed by atoms with van der Waals surface area (Å²) in [7, 11) is 1.84. The lowest BCUT2D eigenvalue weighted by atomic mass is 10.1. The average molecular weight is 407 g/mol. The molecule has 3 aromatic heterocycles. The third-order valence-electron chi connectivity index (χ3n) is 5.23. The van der Waals surface area contributed by atoms with Crippen molar-refractivity contribution in [2.45, 2.75) is 18.9 Å². The number of piperidine rings is 1. The number of hydrogen-bond donors (Lipinski definition) is 3. The Kier molecular flexibility index (Phi) is 4.61. The molecular weight excluding hydrogens is 384 g/mol. The predicted octanol–water partition coefficient (Wildman–Crippen LogP) is 3.11. The van der Waals surface area contributed by atoms with Crippen LogP contribution >= 0.6 is 11.3 Å². The molecule has 0 aliphatic carbocycles. The highest BCUT2D eigenvalue weighted by Gasteiger charge is 2.19. The van der Waals surface area contributed by atoms with Gasteiger partial charge in [-0.05, 0) is 37.1 Å². The molecule has 1 aromatic carbocycles. The molecule has 1 atom stereocenters. The van der Waals surface area contributed by atoms with Crippen molar-refractivity contribution in [2.75, 3.05) is 30.4 Å². The fourth-order valence-electron chi connectivity index (χ4n) is 3.75. The number of aromatic amines is 1. The zero-order valence-electron chi connectivity index (χ0n) is 16.1. The second kappa shape index (κ2) is 7.41. The molecule has 9 heteroatoms. The summed E-state index contributed by atoms with van der Waals surface area (Å²) >= 11 is 1.53. The van der Waals surface area contributed by atoms with E-state index in [9.17, 15) is 0 Å².